The van der Waals surface area contributed by atoms with Gasteiger partial charge >= 0.3 is 0 Å². The topological polar surface area (TPSA) is 58.9 Å². The predicted octanol–water partition coefficient (Wildman–Crippen LogP) is 12.2. The number of ether oxygens (including phenoxy) is 4. The van der Waals surface area contributed by atoms with Gasteiger partial charge in [0.2, 0.25) is 5.43 Å². The maximum Gasteiger partial charge on any atom is 0.235 e. The number of nitrogens with zero attached hydrogens (tertiary/aromatic N) is 1. The van der Waals surface area contributed by atoms with Crippen molar-refractivity contribution in [1.82, 2.24) is 4.57 Å². The molecule has 1 aromatic heterocycles. The molecular formula is C45H63NO5. The zero-order valence-electron chi connectivity index (χ0n) is 31.4. The van der Waals surface area contributed by atoms with E-state index >= 15 is 0 Å². The van der Waals surface area contributed by atoms with Crippen LogP contribution in [-0.2, 0) is 6.54 Å². The van der Waals surface area contributed by atoms with Gasteiger partial charge in [-0.3, -0.25) is 4.79 Å². The van der Waals surface area contributed by atoms with E-state index in [4.69, 9.17) is 18.9 Å². The van der Waals surface area contributed by atoms with Gasteiger partial charge in [0.05, 0.1) is 16.6 Å². The number of benzene rings is 2. The molecule has 0 aliphatic heterocycles. The van der Waals surface area contributed by atoms with Gasteiger partial charge in [0, 0.05) is 24.2 Å². The van der Waals surface area contributed by atoms with Crippen molar-refractivity contribution in [1.29, 1.82) is 0 Å². The minimum Gasteiger partial charge on any atom is -0.490 e. The van der Waals surface area contributed by atoms with Gasteiger partial charge < -0.3 is 23.5 Å². The highest BCUT2D eigenvalue weighted by Gasteiger charge is 2.23. The van der Waals surface area contributed by atoms with Crippen molar-refractivity contribution >= 4 is 10.9 Å². The fourth-order valence-corrected chi connectivity index (χ4v) is 6.46. The Hall–Kier alpha value is -4.19. The zero-order valence-corrected chi connectivity index (χ0v) is 31.4. The molecule has 0 atom stereocenters. The highest BCUT2D eigenvalue weighted by molar-refractivity contribution is 5.92. The number of hydrogen-bond donors (Lipinski definition) is 0. The smallest absolute Gasteiger partial charge is 0.235 e. The standard InChI is InChI=1S/C45H63NO5/c1-6-11-12-13-14-15-16-17-18-19-20-21-22-23-24-25-30-46-40-35-39(49-32-8-3)36-41(50-33-9-4)42(40)44(47)45(51-34-10-5)43(46)37-26-28-38(29-27-37)48-31-7-2/h7-10,26-29,35-36H,2-6,11-25,30-34H2,1H3. The quantitative estimate of drug-likeness (QED) is 0.0512. The lowest BCUT2D eigenvalue weighted by Crippen LogP contribution is -2.18. The van der Waals surface area contributed by atoms with Crippen molar-refractivity contribution in [3.05, 3.63) is 97.2 Å². The van der Waals surface area contributed by atoms with Crippen molar-refractivity contribution in [3.63, 3.8) is 0 Å². The van der Waals surface area contributed by atoms with Crippen LogP contribution in [0.1, 0.15) is 110 Å². The van der Waals surface area contributed by atoms with Gasteiger partial charge in [0.25, 0.3) is 0 Å². The first-order valence-corrected chi connectivity index (χ1v) is 19.4. The Morgan fingerprint density at radius 1 is 0.569 bits per heavy atom. The average Bonchev–Trinajstić information content (AvgIpc) is 3.15. The molecule has 2 aromatic carbocycles. The van der Waals surface area contributed by atoms with Crippen LogP contribution in [-0.4, -0.2) is 31.0 Å². The largest absolute Gasteiger partial charge is 0.490 e. The van der Waals surface area contributed by atoms with E-state index < -0.39 is 0 Å². The van der Waals surface area contributed by atoms with E-state index in [0.29, 0.717) is 42.3 Å². The maximum absolute atomic E-state index is 14.4. The molecule has 0 saturated carbocycles. The second-order valence-corrected chi connectivity index (χ2v) is 13.2. The van der Waals surface area contributed by atoms with Crippen LogP contribution in [0.25, 0.3) is 22.2 Å². The number of fused-ring (bicyclic) bond motifs is 1. The Morgan fingerprint density at radius 2 is 1.04 bits per heavy atom. The van der Waals surface area contributed by atoms with E-state index in [-0.39, 0.29) is 24.4 Å². The minimum atomic E-state index is -0.244. The molecule has 0 radical (unpaired) electrons. The van der Waals surface area contributed by atoms with Gasteiger partial charge in [-0.1, -0.05) is 154 Å². The zero-order chi connectivity index (χ0) is 36.5. The molecule has 0 aliphatic carbocycles. The lowest BCUT2D eigenvalue weighted by Gasteiger charge is -2.23. The Morgan fingerprint density at radius 3 is 1.57 bits per heavy atom. The SMILES string of the molecule is C=CCOc1ccc(-c2c(OCC=C)c(=O)c3c(OCC=C)cc(OCC=C)cc3n2CCCCCCCCCCCCCCCCCC)cc1. The summed E-state index contributed by atoms with van der Waals surface area (Å²) in [5.41, 5.74) is 2.04. The molecule has 6 nitrogen and oxygen atoms in total. The summed E-state index contributed by atoms with van der Waals surface area (Å²) in [7, 11) is 0. The van der Waals surface area contributed by atoms with Gasteiger partial charge in [-0.15, -0.1) is 0 Å². The van der Waals surface area contributed by atoms with Crippen LogP contribution in [0.2, 0.25) is 0 Å². The molecule has 0 unspecified atom stereocenters. The normalized spacial score (nSPS) is 10.9. The number of aryl methyl sites for hydroxylation is 1. The summed E-state index contributed by atoms with van der Waals surface area (Å²) < 4.78 is 26.2. The molecule has 0 aliphatic rings. The van der Waals surface area contributed by atoms with Crippen molar-refractivity contribution in [3.8, 4) is 34.3 Å². The van der Waals surface area contributed by atoms with Crippen LogP contribution in [0, 0.1) is 0 Å². The molecule has 3 aromatic rings. The molecule has 51 heavy (non-hydrogen) atoms. The van der Waals surface area contributed by atoms with Crippen LogP contribution >= 0.6 is 0 Å². The average molecular weight is 698 g/mol. The first-order valence-electron chi connectivity index (χ1n) is 19.4. The van der Waals surface area contributed by atoms with Gasteiger partial charge in [0.15, 0.2) is 5.75 Å². The van der Waals surface area contributed by atoms with E-state index in [1.54, 1.807) is 30.4 Å². The number of pyridine rings is 1. The summed E-state index contributed by atoms with van der Waals surface area (Å²) in [4.78, 5) is 14.4. The van der Waals surface area contributed by atoms with Gasteiger partial charge in [-0.05, 0) is 30.7 Å². The summed E-state index contributed by atoms with van der Waals surface area (Å²) in [6, 6.07) is 11.4. The third-order valence-electron chi connectivity index (χ3n) is 9.06. The second-order valence-electron chi connectivity index (χ2n) is 13.2. The second kappa shape index (κ2) is 24.9. The van der Waals surface area contributed by atoms with E-state index in [1.165, 1.54) is 89.9 Å². The van der Waals surface area contributed by atoms with Crippen LogP contribution in [0.4, 0.5) is 0 Å². The molecule has 0 spiro atoms. The predicted molar refractivity (Wildman–Crippen MR) is 216 cm³/mol. The first-order chi connectivity index (χ1) is 25.1. The Kier molecular flexibility index (Phi) is 20.1. The molecule has 0 saturated heterocycles. The molecule has 0 N–H and O–H groups in total. The number of hydrogen-bond acceptors (Lipinski definition) is 5. The molecule has 3 rings (SSSR count). The Bertz CT molecular complexity index is 1540. The Labute approximate surface area is 307 Å². The fourth-order valence-electron chi connectivity index (χ4n) is 6.46. The lowest BCUT2D eigenvalue weighted by molar-refractivity contribution is 0.345. The molecule has 0 fully saturated rings. The van der Waals surface area contributed by atoms with Gasteiger partial charge in [0.1, 0.15) is 43.7 Å². The maximum atomic E-state index is 14.4. The monoisotopic (exact) mass is 697 g/mol. The number of rotatable bonds is 30. The fraction of sp³-hybridized carbons (Fsp3) is 0.489. The summed E-state index contributed by atoms with van der Waals surface area (Å²) in [5.74, 6) is 2.02. The first kappa shape index (κ1) is 41.2. The number of unbranched alkanes of at least 4 members (excludes halogenated alkanes) is 15. The van der Waals surface area contributed by atoms with E-state index in [9.17, 15) is 4.79 Å². The van der Waals surface area contributed by atoms with Crippen molar-refractivity contribution < 1.29 is 18.9 Å². The van der Waals surface area contributed by atoms with Gasteiger partial charge in [-0.2, -0.15) is 0 Å². The van der Waals surface area contributed by atoms with Crippen molar-refractivity contribution in [2.75, 3.05) is 26.4 Å². The van der Waals surface area contributed by atoms with Crippen molar-refractivity contribution in [2.24, 2.45) is 0 Å². The summed E-state index contributed by atoms with van der Waals surface area (Å²) >= 11 is 0. The number of aromatic nitrogens is 1. The van der Waals surface area contributed by atoms with E-state index in [1.807, 2.05) is 30.3 Å². The minimum absolute atomic E-state index is 0.191. The van der Waals surface area contributed by atoms with E-state index in [2.05, 4.69) is 37.8 Å². The van der Waals surface area contributed by atoms with Crippen LogP contribution in [0.3, 0.4) is 0 Å². The molecule has 6 heteroatoms. The van der Waals surface area contributed by atoms with Crippen LogP contribution in [0.15, 0.2) is 91.8 Å². The lowest BCUT2D eigenvalue weighted by atomic mass is 10.0. The summed E-state index contributed by atoms with van der Waals surface area (Å²) in [6.07, 6.45) is 27.6. The van der Waals surface area contributed by atoms with Crippen LogP contribution < -0.4 is 24.4 Å². The Balaban J connectivity index is 1.81. The summed E-state index contributed by atoms with van der Waals surface area (Å²) in [5, 5.41) is 0.452. The third kappa shape index (κ3) is 13.8. The van der Waals surface area contributed by atoms with E-state index in [0.717, 1.165) is 29.7 Å². The molecule has 0 amide bonds. The highest BCUT2D eigenvalue weighted by Crippen LogP contribution is 2.38. The molecule has 1 heterocycles. The highest BCUT2D eigenvalue weighted by atomic mass is 16.5. The van der Waals surface area contributed by atoms with Crippen molar-refractivity contribution in [2.45, 2.75) is 116 Å². The summed E-state index contributed by atoms with van der Waals surface area (Å²) in [6.45, 7) is 19.3. The van der Waals surface area contributed by atoms with Crippen LogP contribution in [0.5, 0.6) is 23.0 Å². The molecular weight excluding hydrogens is 634 g/mol. The third-order valence-corrected chi connectivity index (χ3v) is 9.06. The van der Waals surface area contributed by atoms with Gasteiger partial charge in [-0.25, -0.2) is 0 Å². The molecule has 278 valence electrons. The molecule has 0 bridgehead atoms.